The van der Waals surface area contributed by atoms with Gasteiger partial charge in [0, 0.05) is 29.4 Å². The highest BCUT2D eigenvalue weighted by atomic mass is 16.5. The molecular formula is C19H22O4. The fraction of sp³-hybridized carbons (Fsp3) is 0.474. The number of hydrogen-bond acceptors (Lipinski definition) is 4. The highest BCUT2D eigenvalue weighted by molar-refractivity contribution is 6.15. The summed E-state index contributed by atoms with van der Waals surface area (Å²) in [7, 11) is 3.20. The monoisotopic (exact) mass is 314 g/mol. The van der Waals surface area contributed by atoms with Crippen molar-refractivity contribution >= 4 is 11.6 Å². The third kappa shape index (κ3) is 1.97. The third-order valence-corrected chi connectivity index (χ3v) is 5.80. The fourth-order valence-electron chi connectivity index (χ4n) is 4.19. The molecule has 122 valence electrons. The minimum atomic E-state index is -0.809. The summed E-state index contributed by atoms with van der Waals surface area (Å²) >= 11 is 0. The maximum atomic E-state index is 12.9. The van der Waals surface area contributed by atoms with Gasteiger partial charge in [0.05, 0.1) is 19.6 Å². The minimum absolute atomic E-state index is 0.0477. The van der Waals surface area contributed by atoms with E-state index in [9.17, 15) is 9.59 Å². The van der Waals surface area contributed by atoms with Crippen molar-refractivity contribution in [2.24, 2.45) is 11.3 Å². The first-order valence-corrected chi connectivity index (χ1v) is 7.86. The molecule has 2 aliphatic carbocycles. The number of allylic oxidation sites excluding steroid dienone is 1. The molecule has 3 rings (SSSR count). The second-order valence-corrected chi connectivity index (χ2v) is 6.69. The number of hydrogen-bond donors (Lipinski definition) is 0. The molecule has 4 heteroatoms. The number of fused-ring (bicyclic) bond motifs is 2. The summed E-state index contributed by atoms with van der Waals surface area (Å²) in [5.41, 5.74) is -0.456. The summed E-state index contributed by atoms with van der Waals surface area (Å²) < 4.78 is 10.8. The van der Waals surface area contributed by atoms with Crippen molar-refractivity contribution in [3.8, 4) is 11.5 Å². The van der Waals surface area contributed by atoms with Crippen LogP contribution in [0.5, 0.6) is 11.5 Å². The van der Waals surface area contributed by atoms with E-state index in [2.05, 4.69) is 6.58 Å². The number of ether oxygens (including phenoxy) is 2. The van der Waals surface area contributed by atoms with Gasteiger partial charge in [0.2, 0.25) is 0 Å². The Morgan fingerprint density at radius 1 is 1.22 bits per heavy atom. The fourth-order valence-corrected chi connectivity index (χ4v) is 4.19. The van der Waals surface area contributed by atoms with Gasteiger partial charge in [-0.15, -0.1) is 6.58 Å². The van der Waals surface area contributed by atoms with E-state index in [1.807, 2.05) is 24.3 Å². The van der Waals surface area contributed by atoms with Crippen molar-refractivity contribution in [3.05, 3.63) is 36.4 Å². The van der Waals surface area contributed by atoms with Gasteiger partial charge in [-0.3, -0.25) is 9.59 Å². The average Bonchev–Trinajstić information content (AvgIpc) is 2.73. The summed E-state index contributed by atoms with van der Waals surface area (Å²) in [5, 5.41) is 0. The first-order chi connectivity index (χ1) is 10.9. The summed E-state index contributed by atoms with van der Waals surface area (Å²) in [4.78, 5) is 25.2. The van der Waals surface area contributed by atoms with Crippen LogP contribution in [0, 0.1) is 11.3 Å². The minimum Gasteiger partial charge on any atom is -0.497 e. The van der Waals surface area contributed by atoms with Crippen LogP contribution >= 0.6 is 0 Å². The van der Waals surface area contributed by atoms with Gasteiger partial charge in [-0.05, 0) is 25.8 Å². The van der Waals surface area contributed by atoms with Gasteiger partial charge < -0.3 is 9.47 Å². The maximum absolute atomic E-state index is 12.9. The molecule has 0 unspecified atom stereocenters. The molecule has 0 amide bonds. The molecule has 4 nitrogen and oxygen atoms in total. The second kappa shape index (κ2) is 5.22. The first-order valence-electron chi connectivity index (χ1n) is 7.86. The summed E-state index contributed by atoms with van der Waals surface area (Å²) in [5.74, 6) is 1.11. The van der Waals surface area contributed by atoms with Gasteiger partial charge in [0.25, 0.3) is 0 Å². The van der Waals surface area contributed by atoms with Gasteiger partial charge in [-0.2, -0.15) is 0 Å². The molecule has 0 saturated heterocycles. The predicted molar refractivity (Wildman–Crippen MR) is 86.9 cm³/mol. The molecule has 0 aromatic heterocycles. The molecule has 1 aromatic rings. The van der Waals surface area contributed by atoms with Crippen LogP contribution in [0.25, 0.3) is 0 Å². The predicted octanol–water partition coefficient (Wildman–Crippen LogP) is 3.09. The Hall–Kier alpha value is -2.10. The summed E-state index contributed by atoms with van der Waals surface area (Å²) in [6.45, 7) is 5.79. The van der Waals surface area contributed by atoms with Crippen molar-refractivity contribution in [3.63, 3.8) is 0 Å². The molecule has 0 radical (unpaired) electrons. The van der Waals surface area contributed by atoms with Gasteiger partial charge in [0.15, 0.2) is 5.78 Å². The zero-order valence-corrected chi connectivity index (χ0v) is 13.8. The Morgan fingerprint density at radius 3 is 2.57 bits per heavy atom. The number of methoxy groups -OCH3 is 2. The zero-order chi connectivity index (χ0) is 16.8. The molecule has 3 atom stereocenters. The van der Waals surface area contributed by atoms with E-state index in [-0.39, 0.29) is 23.9 Å². The first kappa shape index (κ1) is 15.8. The number of rotatable bonds is 4. The average molecular weight is 314 g/mol. The van der Waals surface area contributed by atoms with Crippen LogP contribution in [0.3, 0.4) is 0 Å². The van der Waals surface area contributed by atoms with Gasteiger partial charge in [-0.25, -0.2) is 0 Å². The van der Waals surface area contributed by atoms with Crippen molar-refractivity contribution < 1.29 is 19.1 Å². The van der Waals surface area contributed by atoms with Crippen LogP contribution in [-0.4, -0.2) is 25.8 Å². The smallest absolute Gasteiger partial charge is 0.150 e. The molecular weight excluding hydrogens is 292 g/mol. The van der Waals surface area contributed by atoms with Crippen molar-refractivity contribution in [2.75, 3.05) is 14.2 Å². The van der Waals surface area contributed by atoms with Crippen LogP contribution in [-0.2, 0) is 15.0 Å². The van der Waals surface area contributed by atoms with Gasteiger partial charge in [0.1, 0.15) is 17.3 Å². The molecule has 0 aliphatic heterocycles. The Morgan fingerprint density at radius 2 is 1.96 bits per heavy atom. The van der Waals surface area contributed by atoms with Gasteiger partial charge >= 0.3 is 0 Å². The molecule has 2 saturated carbocycles. The van der Waals surface area contributed by atoms with Crippen LogP contribution in [0.4, 0.5) is 0 Å². The normalized spacial score (nSPS) is 32.7. The highest BCUT2D eigenvalue weighted by Gasteiger charge is 2.62. The quantitative estimate of drug-likeness (QED) is 0.633. The summed E-state index contributed by atoms with van der Waals surface area (Å²) in [6, 6.07) is 5.60. The van der Waals surface area contributed by atoms with E-state index in [4.69, 9.17) is 9.47 Å². The van der Waals surface area contributed by atoms with Crippen LogP contribution in [0.1, 0.15) is 31.7 Å². The number of ketones is 2. The molecule has 0 spiro atoms. The van der Waals surface area contributed by atoms with E-state index in [0.29, 0.717) is 17.9 Å². The van der Waals surface area contributed by atoms with E-state index < -0.39 is 10.8 Å². The second-order valence-electron chi connectivity index (χ2n) is 6.69. The summed E-state index contributed by atoms with van der Waals surface area (Å²) in [6.07, 6.45) is 3.40. The Bertz CT molecular complexity index is 693. The lowest BCUT2D eigenvalue weighted by molar-refractivity contribution is -0.138. The van der Waals surface area contributed by atoms with Crippen LogP contribution in [0.2, 0.25) is 0 Å². The van der Waals surface area contributed by atoms with E-state index >= 15 is 0 Å². The number of carbonyl (C=O) groups is 2. The molecule has 2 bridgehead atoms. The van der Waals surface area contributed by atoms with E-state index in [0.717, 1.165) is 12.0 Å². The highest BCUT2D eigenvalue weighted by Crippen LogP contribution is 2.57. The third-order valence-electron chi connectivity index (χ3n) is 5.80. The lowest BCUT2D eigenvalue weighted by Crippen LogP contribution is -2.45. The molecule has 2 fully saturated rings. The number of Topliss-reactive ketones (excluding diaryl/α,β-unsaturated/α-hetero) is 2. The van der Waals surface area contributed by atoms with Crippen LogP contribution < -0.4 is 9.47 Å². The molecule has 2 aliphatic rings. The maximum Gasteiger partial charge on any atom is 0.150 e. The largest absolute Gasteiger partial charge is 0.497 e. The Labute approximate surface area is 136 Å². The number of carbonyl (C=O) groups excluding carboxylic acids is 2. The molecule has 0 N–H and O–H groups in total. The van der Waals surface area contributed by atoms with Crippen molar-refractivity contribution in [1.82, 2.24) is 0 Å². The van der Waals surface area contributed by atoms with Crippen LogP contribution in [0.15, 0.2) is 30.9 Å². The topological polar surface area (TPSA) is 52.6 Å². The molecule has 0 heterocycles. The Kier molecular flexibility index (Phi) is 3.58. The lowest BCUT2D eigenvalue weighted by Gasteiger charge is -2.42. The zero-order valence-electron chi connectivity index (χ0n) is 13.8. The number of benzene rings is 1. The van der Waals surface area contributed by atoms with Gasteiger partial charge in [-0.1, -0.05) is 12.1 Å². The molecule has 23 heavy (non-hydrogen) atoms. The van der Waals surface area contributed by atoms with Crippen molar-refractivity contribution in [1.29, 1.82) is 0 Å². The van der Waals surface area contributed by atoms with E-state index in [1.54, 1.807) is 21.1 Å². The SMILES string of the molecule is C=C[C@@]1(c2ccc(OC)cc2OC)CC[C@@]2(C)C(=O)C[C@@H]1C2=O. The van der Waals surface area contributed by atoms with E-state index in [1.165, 1.54) is 0 Å². The Balaban J connectivity index is 2.15. The molecule has 1 aromatic carbocycles. The lowest BCUT2D eigenvalue weighted by atomic mass is 9.59. The standard InChI is InChI=1S/C19H22O4/c1-5-19(13-7-6-12(22-3)10-15(13)23-4)9-8-18(2)16(20)11-14(19)17(18)21/h5-7,10,14H,1,8-9,11H2,2-4H3/t14-,18+,19+/m1/s1. The van der Waals surface area contributed by atoms with Crippen molar-refractivity contribution in [2.45, 2.75) is 31.6 Å².